The molecular formula is C15H19NO2. The highest BCUT2D eigenvalue weighted by molar-refractivity contribution is 5.23. The first-order valence-corrected chi connectivity index (χ1v) is 6.53. The number of hydrogen-bond acceptors (Lipinski definition) is 3. The smallest absolute Gasteiger partial charge is 0.0905 e. The number of aromatic nitrogens is 1. The van der Waals surface area contributed by atoms with Gasteiger partial charge in [0.2, 0.25) is 0 Å². The van der Waals surface area contributed by atoms with Crippen molar-refractivity contribution >= 4 is 0 Å². The average Bonchev–Trinajstić information content (AvgIpc) is 2.44. The van der Waals surface area contributed by atoms with Crippen molar-refractivity contribution in [3.8, 4) is 0 Å². The summed E-state index contributed by atoms with van der Waals surface area (Å²) in [6.07, 6.45) is 7.99. The second-order valence-electron chi connectivity index (χ2n) is 5.64. The molecule has 1 N–H and O–H groups in total. The number of pyridine rings is 1. The SMILES string of the molecule is CC1=CC[C@@]2(CO)CO[C@H](c3cccnc3)[C@@H]1C2. The van der Waals surface area contributed by atoms with Gasteiger partial charge in [-0.1, -0.05) is 17.7 Å². The van der Waals surface area contributed by atoms with Crippen LogP contribution in [0.25, 0.3) is 0 Å². The van der Waals surface area contributed by atoms with Crippen LogP contribution >= 0.6 is 0 Å². The van der Waals surface area contributed by atoms with Crippen LogP contribution in [0, 0.1) is 11.3 Å². The maximum atomic E-state index is 9.61. The van der Waals surface area contributed by atoms with E-state index < -0.39 is 0 Å². The second-order valence-corrected chi connectivity index (χ2v) is 5.64. The predicted molar refractivity (Wildman–Crippen MR) is 68.9 cm³/mol. The summed E-state index contributed by atoms with van der Waals surface area (Å²) in [4.78, 5) is 4.18. The zero-order valence-corrected chi connectivity index (χ0v) is 10.7. The summed E-state index contributed by atoms with van der Waals surface area (Å²) in [6, 6.07) is 4.03. The van der Waals surface area contributed by atoms with Gasteiger partial charge in [0, 0.05) is 23.7 Å². The maximum absolute atomic E-state index is 9.61. The zero-order valence-electron chi connectivity index (χ0n) is 10.7. The molecule has 0 saturated carbocycles. The fraction of sp³-hybridized carbons (Fsp3) is 0.533. The largest absolute Gasteiger partial charge is 0.396 e. The molecule has 3 rings (SSSR count). The maximum Gasteiger partial charge on any atom is 0.0905 e. The lowest BCUT2D eigenvalue weighted by Gasteiger charge is -2.47. The van der Waals surface area contributed by atoms with Crippen molar-refractivity contribution in [3.63, 3.8) is 0 Å². The fourth-order valence-electron chi connectivity index (χ4n) is 3.13. The van der Waals surface area contributed by atoms with Crippen molar-refractivity contribution in [1.29, 1.82) is 0 Å². The van der Waals surface area contributed by atoms with E-state index in [1.807, 2.05) is 12.3 Å². The van der Waals surface area contributed by atoms with Crippen LogP contribution in [0.3, 0.4) is 0 Å². The van der Waals surface area contributed by atoms with Crippen molar-refractivity contribution in [1.82, 2.24) is 4.98 Å². The Balaban J connectivity index is 1.92. The van der Waals surface area contributed by atoms with E-state index in [0.717, 1.165) is 18.4 Å². The Bertz CT molecular complexity index is 457. The molecule has 1 saturated heterocycles. The van der Waals surface area contributed by atoms with E-state index in [-0.39, 0.29) is 18.1 Å². The molecule has 1 aliphatic carbocycles. The van der Waals surface area contributed by atoms with Gasteiger partial charge in [0.15, 0.2) is 0 Å². The van der Waals surface area contributed by atoms with Crippen LogP contribution in [0.4, 0.5) is 0 Å². The molecule has 1 aromatic rings. The summed E-state index contributed by atoms with van der Waals surface area (Å²) in [6.45, 7) is 3.03. The lowest BCUT2D eigenvalue weighted by Crippen LogP contribution is -2.43. The van der Waals surface area contributed by atoms with Crippen LogP contribution in [0.1, 0.15) is 31.4 Å². The van der Waals surface area contributed by atoms with Gasteiger partial charge in [0.05, 0.1) is 19.3 Å². The summed E-state index contributed by atoms with van der Waals surface area (Å²) in [5, 5.41) is 9.61. The Morgan fingerprint density at radius 1 is 1.56 bits per heavy atom. The number of allylic oxidation sites excluding steroid dienone is 1. The molecule has 1 aliphatic heterocycles. The molecule has 3 atom stereocenters. The standard InChI is InChI=1S/C15H19NO2/c1-11-4-5-15(9-17)7-13(11)14(18-10-15)12-3-2-6-16-8-12/h2-4,6,8,13-14,17H,5,7,9-10H2,1H3/t13-,14-,15-/m1/s1. The zero-order chi connectivity index (χ0) is 12.6. The van der Waals surface area contributed by atoms with Crippen LogP contribution in [-0.2, 0) is 4.74 Å². The number of ether oxygens (including phenoxy) is 1. The van der Waals surface area contributed by atoms with E-state index in [2.05, 4.69) is 24.1 Å². The number of rotatable bonds is 2. The van der Waals surface area contributed by atoms with Crippen molar-refractivity contribution in [2.75, 3.05) is 13.2 Å². The molecule has 0 aromatic carbocycles. The Hall–Kier alpha value is -1.19. The minimum atomic E-state index is -0.0527. The molecule has 1 aromatic heterocycles. The molecule has 3 heteroatoms. The third-order valence-corrected chi connectivity index (χ3v) is 4.38. The minimum Gasteiger partial charge on any atom is -0.396 e. The molecule has 0 amide bonds. The number of hydrogen-bond donors (Lipinski definition) is 1. The fourth-order valence-corrected chi connectivity index (χ4v) is 3.13. The summed E-state index contributed by atoms with van der Waals surface area (Å²) < 4.78 is 6.05. The van der Waals surface area contributed by atoms with Crippen molar-refractivity contribution in [3.05, 3.63) is 41.7 Å². The van der Waals surface area contributed by atoms with Gasteiger partial charge in [-0.2, -0.15) is 0 Å². The highest BCUT2D eigenvalue weighted by atomic mass is 16.5. The topological polar surface area (TPSA) is 42.4 Å². The average molecular weight is 245 g/mol. The van der Waals surface area contributed by atoms with Gasteiger partial charge in [-0.15, -0.1) is 0 Å². The third kappa shape index (κ3) is 1.88. The Labute approximate surface area is 108 Å². The van der Waals surface area contributed by atoms with Gasteiger partial charge < -0.3 is 9.84 Å². The summed E-state index contributed by atoms with van der Waals surface area (Å²) in [5.41, 5.74) is 2.47. The van der Waals surface area contributed by atoms with E-state index in [9.17, 15) is 5.11 Å². The number of aliphatic hydroxyl groups excluding tert-OH is 1. The molecule has 0 spiro atoms. The van der Waals surface area contributed by atoms with Gasteiger partial charge in [-0.3, -0.25) is 4.98 Å². The molecule has 18 heavy (non-hydrogen) atoms. The molecule has 1 fully saturated rings. The molecule has 96 valence electrons. The molecule has 2 heterocycles. The quantitative estimate of drug-likeness (QED) is 0.814. The van der Waals surface area contributed by atoms with Crippen molar-refractivity contribution in [2.24, 2.45) is 11.3 Å². The van der Waals surface area contributed by atoms with Gasteiger partial charge in [-0.05, 0) is 31.4 Å². The molecular weight excluding hydrogens is 226 g/mol. The lowest BCUT2D eigenvalue weighted by molar-refractivity contribution is -0.113. The molecule has 2 aliphatic rings. The Morgan fingerprint density at radius 3 is 3.17 bits per heavy atom. The van der Waals surface area contributed by atoms with Crippen LogP contribution < -0.4 is 0 Å². The normalized spacial score (nSPS) is 35.1. The number of fused-ring (bicyclic) bond motifs is 2. The summed E-state index contributed by atoms with van der Waals surface area (Å²) >= 11 is 0. The lowest BCUT2D eigenvalue weighted by atomic mass is 9.67. The second kappa shape index (κ2) is 4.48. The number of nitrogens with zero attached hydrogens (tertiary/aromatic N) is 1. The van der Waals surface area contributed by atoms with E-state index >= 15 is 0 Å². The van der Waals surface area contributed by atoms with E-state index in [0.29, 0.717) is 12.5 Å². The predicted octanol–water partition coefficient (Wildman–Crippen LogP) is 2.49. The Morgan fingerprint density at radius 2 is 2.44 bits per heavy atom. The summed E-state index contributed by atoms with van der Waals surface area (Å²) in [5.74, 6) is 0.379. The van der Waals surface area contributed by atoms with Gasteiger partial charge in [0.25, 0.3) is 0 Å². The molecule has 3 nitrogen and oxygen atoms in total. The van der Waals surface area contributed by atoms with E-state index in [4.69, 9.17) is 4.74 Å². The summed E-state index contributed by atoms with van der Waals surface area (Å²) in [7, 11) is 0. The van der Waals surface area contributed by atoms with Gasteiger partial charge in [0.1, 0.15) is 0 Å². The van der Waals surface area contributed by atoms with Crippen LogP contribution in [0.15, 0.2) is 36.2 Å². The monoisotopic (exact) mass is 245 g/mol. The minimum absolute atomic E-state index is 0.0527. The van der Waals surface area contributed by atoms with Crippen molar-refractivity contribution in [2.45, 2.75) is 25.9 Å². The Kier molecular flexibility index (Phi) is 2.96. The highest BCUT2D eigenvalue weighted by Crippen LogP contribution is 2.49. The highest BCUT2D eigenvalue weighted by Gasteiger charge is 2.44. The molecule has 0 unspecified atom stereocenters. The van der Waals surface area contributed by atoms with Gasteiger partial charge >= 0.3 is 0 Å². The van der Waals surface area contributed by atoms with Gasteiger partial charge in [-0.25, -0.2) is 0 Å². The first-order chi connectivity index (χ1) is 8.74. The van der Waals surface area contributed by atoms with Crippen LogP contribution in [0.2, 0.25) is 0 Å². The first-order valence-electron chi connectivity index (χ1n) is 6.53. The van der Waals surface area contributed by atoms with Crippen LogP contribution in [0.5, 0.6) is 0 Å². The first kappa shape index (κ1) is 11.9. The van der Waals surface area contributed by atoms with Crippen molar-refractivity contribution < 1.29 is 9.84 Å². The van der Waals surface area contributed by atoms with E-state index in [1.165, 1.54) is 5.57 Å². The molecule has 0 radical (unpaired) electrons. The third-order valence-electron chi connectivity index (χ3n) is 4.38. The number of aliphatic hydroxyl groups is 1. The van der Waals surface area contributed by atoms with Crippen LogP contribution in [-0.4, -0.2) is 23.3 Å². The van der Waals surface area contributed by atoms with E-state index in [1.54, 1.807) is 6.20 Å². The molecule has 2 bridgehead atoms.